The normalized spacial score (nSPS) is 18.8. The first-order valence-corrected chi connectivity index (χ1v) is 6.54. The fourth-order valence-electron chi connectivity index (χ4n) is 2.91. The van der Waals surface area contributed by atoms with E-state index in [-0.39, 0.29) is 0 Å². The van der Waals surface area contributed by atoms with E-state index in [1.807, 2.05) is 12.1 Å². The summed E-state index contributed by atoms with van der Waals surface area (Å²) in [4.78, 5) is 3.55. The third kappa shape index (κ3) is 1.81. The maximum atomic E-state index is 5.89. The fourth-order valence-corrected chi connectivity index (χ4v) is 2.91. The van der Waals surface area contributed by atoms with E-state index in [1.54, 1.807) is 0 Å². The second kappa shape index (κ2) is 4.50. The van der Waals surface area contributed by atoms with Crippen LogP contribution in [-0.4, -0.2) is 11.5 Å². The number of benzene rings is 1. The predicted molar refractivity (Wildman–Crippen MR) is 76.6 cm³/mol. The van der Waals surface area contributed by atoms with Gasteiger partial charge in [0.1, 0.15) is 0 Å². The Balaban J connectivity index is 2.06. The topological polar surface area (TPSA) is 53.8 Å². The molecule has 0 spiro atoms. The third-order valence-electron chi connectivity index (χ3n) is 3.74. The number of aromatic nitrogens is 1. The van der Waals surface area contributed by atoms with Gasteiger partial charge in [-0.25, -0.2) is 0 Å². The van der Waals surface area contributed by atoms with Crippen molar-refractivity contribution in [2.45, 2.75) is 25.3 Å². The lowest BCUT2D eigenvalue weighted by Crippen LogP contribution is -2.25. The lowest BCUT2D eigenvalue weighted by molar-refractivity contribution is 0.473. The number of aryl methyl sites for hydroxylation is 1. The van der Waals surface area contributed by atoms with Gasteiger partial charge in [0, 0.05) is 34.9 Å². The second-order valence-corrected chi connectivity index (χ2v) is 4.96. The van der Waals surface area contributed by atoms with E-state index < -0.39 is 0 Å². The second-order valence-electron chi connectivity index (χ2n) is 4.96. The van der Waals surface area contributed by atoms with Crippen molar-refractivity contribution in [1.29, 1.82) is 0 Å². The van der Waals surface area contributed by atoms with Crippen LogP contribution in [0, 0.1) is 0 Å². The van der Waals surface area contributed by atoms with Gasteiger partial charge in [-0.3, -0.25) is 0 Å². The summed E-state index contributed by atoms with van der Waals surface area (Å²) in [6.45, 7) is 4.61. The van der Waals surface area contributed by atoms with Gasteiger partial charge in [0.2, 0.25) is 0 Å². The molecular weight excluding hydrogens is 222 g/mol. The average molecular weight is 241 g/mol. The summed E-state index contributed by atoms with van der Waals surface area (Å²) in [5.41, 5.74) is 10.7. The first-order valence-electron chi connectivity index (χ1n) is 6.54. The minimum absolute atomic E-state index is 0.417. The minimum atomic E-state index is 0.417. The molecule has 3 nitrogen and oxygen atoms in total. The Morgan fingerprint density at radius 1 is 1.50 bits per heavy atom. The lowest BCUT2D eigenvalue weighted by Gasteiger charge is -2.23. The van der Waals surface area contributed by atoms with Gasteiger partial charge < -0.3 is 16.0 Å². The van der Waals surface area contributed by atoms with E-state index >= 15 is 0 Å². The Morgan fingerprint density at radius 3 is 3.22 bits per heavy atom. The maximum absolute atomic E-state index is 5.89. The molecule has 1 heterocycles. The summed E-state index contributed by atoms with van der Waals surface area (Å²) in [7, 11) is 0. The van der Waals surface area contributed by atoms with Crippen LogP contribution in [0.1, 0.15) is 30.1 Å². The molecule has 1 unspecified atom stereocenters. The van der Waals surface area contributed by atoms with E-state index in [0.29, 0.717) is 6.04 Å². The quantitative estimate of drug-likeness (QED) is 0.571. The maximum Gasteiger partial charge on any atom is 0.0478 e. The number of hydrogen-bond acceptors (Lipinski definition) is 2. The molecule has 0 amide bonds. The van der Waals surface area contributed by atoms with Crippen molar-refractivity contribution < 1.29 is 0 Å². The molecule has 1 aromatic carbocycles. The van der Waals surface area contributed by atoms with Crippen LogP contribution in [0.4, 0.5) is 5.69 Å². The van der Waals surface area contributed by atoms with Crippen LogP contribution < -0.4 is 11.1 Å². The van der Waals surface area contributed by atoms with Gasteiger partial charge in [0.25, 0.3) is 0 Å². The minimum Gasteiger partial charge on any atom is -0.399 e. The summed E-state index contributed by atoms with van der Waals surface area (Å²) in [5.74, 6) is 0. The standard InChI is InChI=1S/C15H19N3/c1-2-8-17-14-5-3-4-11-12-9-10(16)6-7-13(12)18-15(11)14/h2,6-7,9,14,17-18H,1,3-5,8,16H2. The molecule has 0 bridgehead atoms. The molecule has 3 heteroatoms. The summed E-state index contributed by atoms with van der Waals surface area (Å²) >= 11 is 0. The molecule has 0 saturated heterocycles. The summed E-state index contributed by atoms with van der Waals surface area (Å²) in [5, 5.41) is 4.81. The van der Waals surface area contributed by atoms with Crippen LogP contribution in [0.3, 0.4) is 0 Å². The zero-order chi connectivity index (χ0) is 12.5. The third-order valence-corrected chi connectivity index (χ3v) is 3.74. The molecule has 4 N–H and O–H groups in total. The molecule has 1 aliphatic rings. The molecule has 94 valence electrons. The average Bonchev–Trinajstić information content (AvgIpc) is 2.75. The Bertz CT molecular complexity index is 583. The van der Waals surface area contributed by atoms with E-state index in [2.05, 4.69) is 29.0 Å². The molecule has 0 radical (unpaired) electrons. The number of fused-ring (bicyclic) bond motifs is 3. The molecule has 0 aliphatic heterocycles. The van der Waals surface area contributed by atoms with Crippen molar-refractivity contribution in [3.63, 3.8) is 0 Å². The first-order chi connectivity index (χ1) is 8.79. The van der Waals surface area contributed by atoms with Crippen molar-refractivity contribution in [2.24, 2.45) is 0 Å². The van der Waals surface area contributed by atoms with E-state index in [0.717, 1.165) is 18.7 Å². The molecular formula is C15H19N3. The molecule has 3 rings (SSSR count). The van der Waals surface area contributed by atoms with Gasteiger partial charge in [-0.15, -0.1) is 6.58 Å². The van der Waals surface area contributed by atoms with Crippen molar-refractivity contribution >= 4 is 16.6 Å². The van der Waals surface area contributed by atoms with Gasteiger partial charge in [0.05, 0.1) is 0 Å². The van der Waals surface area contributed by atoms with Crippen LogP contribution in [-0.2, 0) is 6.42 Å². The van der Waals surface area contributed by atoms with E-state index in [4.69, 9.17) is 5.73 Å². The number of nitrogen functional groups attached to an aromatic ring is 1. The monoisotopic (exact) mass is 241 g/mol. The molecule has 1 atom stereocenters. The molecule has 2 aromatic rings. The number of nitrogens with one attached hydrogen (secondary N) is 2. The van der Waals surface area contributed by atoms with Gasteiger partial charge in [0.15, 0.2) is 0 Å². The number of hydrogen-bond donors (Lipinski definition) is 3. The van der Waals surface area contributed by atoms with Crippen molar-refractivity contribution in [3.8, 4) is 0 Å². The largest absolute Gasteiger partial charge is 0.399 e. The first kappa shape index (κ1) is 11.4. The summed E-state index contributed by atoms with van der Waals surface area (Å²) < 4.78 is 0. The highest BCUT2D eigenvalue weighted by Crippen LogP contribution is 2.35. The molecule has 1 aliphatic carbocycles. The molecule has 0 fully saturated rings. The number of aromatic amines is 1. The summed E-state index contributed by atoms with van der Waals surface area (Å²) in [6.07, 6.45) is 5.46. The smallest absolute Gasteiger partial charge is 0.0478 e. The van der Waals surface area contributed by atoms with Crippen molar-refractivity contribution in [2.75, 3.05) is 12.3 Å². The Labute approximate surface area is 107 Å². The number of H-pyrrole nitrogens is 1. The van der Waals surface area contributed by atoms with Gasteiger partial charge in [-0.1, -0.05) is 6.08 Å². The lowest BCUT2D eigenvalue weighted by atomic mass is 9.91. The van der Waals surface area contributed by atoms with Crippen LogP contribution in [0.25, 0.3) is 10.9 Å². The fraction of sp³-hybridized carbons (Fsp3) is 0.333. The number of rotatable bonds is 3. The molecule has 18 heavy (non-hydrogen) atoms. The van der Waals surface area contributed by atoms with Crippen molar-refractivity contribution in [1.82, 2.24) is 10.3 Å². The van der Waals surface area contributed by atoms with E-state index in [9.17, 15) is 0 Å². The van der Waals surface area contributed by atoms with Crippen LogP contribution in [0.2, 0.25) is 0 Å². The zero-order valence-electron chi connectivity index (χ0n) is 10.5. The van der Waals surface area contributed by atoms with Crippen LogP contribution >= 0.6 is 0 Å². The summed E-state index contributed by atoms with van der Waals surface area (Å²) in [6, 6.07) is 6.53. The SMILES string of the molecule is C=CCNC1CCCc2c1[nH]c1ccc(N)cc21. The highest BCUT2D eigenvalue weighted by Gasteiger charge is 2.23. The van der Waals surface area contributed by atoms with Crippen molar-refractivity contribution in [3.05, 3.63) is 42.1 Å². The van der Waals surface area contributed by atoms with Crippen LogP contribution in [0.15, 0.2) is 30.9 Å². The van der Waals surface area contributed by atoms with Gasteiger partial charge in [-0.05, 0) is 43.0 Å². The molecule has 0 saturated carbocycles. The Hall–Kier alpha value is -1.74. The Kier molecular flexibility index (Phi) is 2.84. The highest BCUT2D eigenvalue weighted by atomic mass is 14.9. The Morgan fingerprint density at radius 2 is 2.39 bits per heavy atom. The van der Waals surface area contributed by atoms with Gasteiger partial charge >= 0.3 is 0 Å². The van der Waals surface area contributed by atoms with Gasteiger partial charge in [-0.2, -0.15) is 0 Å². The number of nitrogens with two attached hydrogens (primary N) is 1. The predicted octanol–water partition coefficient (Wildman–Crippen LogP) is 2.90. The van der Waals surface area contributed by atoms with Crippen LogP contribution in [0.5, 0.6) is 0 Å². The molecule has 1 aromatic heterocycles. The number of anilines is 1. The highest BCUT2D eigenvalue weighted by molar-refractivity contribution is 5.87. The van der Waals surface area contributed by atoms with E-state index in [1.165, 1.54) is 35.0 Å². The zero-order valence-corrected chi connectivity index (χ0v) is 10.5.